The summed E-state index contributed by atoms with van der Waals surface area (Å²) in [4.78, 5) is 49.1. The Balaban J connectivity index is 1.44. The molecule has 1 atom stereocenters. The molecule has 0 saturated carbocycles. The predicted octanol–water partition coefficient (Wildman–Crippen LogP) is 4.88. The highest BCUT2D eigenvalue weighted by molar-refractivity contribution is 8.16. The molecule has 5 rings (SSSR count). The highest BCUT2D eigenvalue weighted by atomic mass is 32.2. The van der Waals surface area contributed by atoms with E-state index in [0.29, 0.717) is 60.7 Å². The lowest BCUT2D eigenvalue weighted by atomic mass is 9.93. The summed E-state index contributed by atoms with van der Waals surface area (Å²) < 4.78 is 17.5. The number of thioether (sulfide) groups is 1. The van der Waals surface area contributed by atoms with Crippen LogP contribution in [0.1, 0.15) is 51.3 Å². The average Bonchev–Trinajstić information content (AvgIpc) is 3.40. The number of amidine groups is 1. The van der Waals surface area contributed by atoms with Gasteiger partial charge in [-0.05, 0) is 49.4 Å². The maximum absolute atomic E-state index is 13.6. The Morgan fingerprint density at radius 2 is 1.70 bits per heavy atom. The van der Waals surface area contributed by atoms with E-state index in [-0.39, 0.29) is 24.3 Å². The van der Waals surface area contributed by atoms with E-state index >= 15 is 0 Å². The van der Waals surface area contributed by atoms with Gasteiger partial charge in [0.2, 0.25) is 11.8 Å². The van der Waals surface area contributed by atoms with E-state index in [0.717, 1.165) is 16.8 Å². The highest BCUT2D eigenvalue weighted by Gasteiger charge is 2.42. The molecule has 1 fully saturated rings. The number of rotatable bonds is 9. The summed E-state index contributed by atoms with van der Waals surface area (Å²) in [5.41, 5.74) is 3.50. The first-order valence-corrected chi connectivity index (χ1v) is 15.6. The van der Waals surface area contributed by atoms with Gasteiger partial charge in [-0.25, -0.2) is 9.79 Å². The van der Waals surface area contributed by atoms with Crippen LogP contribution in [0.3, 0.4) is 0 Å². The summed E-state index contributed by atoms with van der Waals surface area (Å²) in [6.07, 6.45) is -0.195. The largest absolute Gasteiger partial charge is 0.493 e. The summed E-state index contributed by atoms with van der Waals surface area (Å²) in [6.45, 7) is 9.34. The minimum Gasteiger partial charge on any atom is -0.493 e. The van der Waals surface area contributed by atoms with Crippen LogP contribution in [0.25, 0.3) is 0 Å². The van der Waals surface area contributed by atoms with Crippen LogP contribution in [0.5, 0.6) is 11.5 Å². The van der Waals surface area contributed by atoms with E-state index in [2.05, 4.69) is 0 Å². The third-order valence-electron chi connectivity index (χ3n) is 7.71. The third-order valence-corrected chi connectivity index (χ3v) is 8.60. The molecule has 3 aliphatic rings. The van der Waals surface area contributed by atoms with Crippen LogP contribution < -0.4 is 9.47 Å². The quantitative estimate of drug-likeness (QED) is 0.367. The number of hydrogen-bond donors (Lipinski definition) is 0. The fraction of sp³-hybridized carbons (Fsp3) is 0.394. The summed E-state index contributed by atoms with van der Waals surface area (Å²) in [7, 11) is 1.58. The molecular formula is C33H38N4O6S. The Morgan fingerprint density at radius 3 is 2.36 bits per heavy atom. The first-order valence-electron chi connectivity index (χ1n) is 14.7. The van der Waals surface area contributed by atoms with Crippen LogP contribution in [0, 0.1) is 0 Å². The van der Waals surface area contributed by atoms with Crippen molar-refractivity contribution in [1.82, 2.24) is 14.7 Å². The standard InChI is InChI=1S/C33H38N4O6S/c1-21(2)43-32(40)30-22(3)34-33-37(26(20-44-33)18-29(39)36-15-13-35(14-16-36)23(4)38)31(30)25-11-12-27(28(17-25)41-5)42-19-24-9-7-6-8-10-24/h6-12,17,20-21,31H,13-16,18-19H2,1-5H3/t31-/m0/s1. The van der Waals surface area contributed by atoms with Gasteiger partial charge in [0.1, 0.15) is 6.61 Å². The van der Waals surface area contributed by atoms with Crippen molar-refractivity contribution in [3.63, 3.8) is 0 Å². The van der Waals surface area contributed by atoms with Crippen LogP contribution in [-0.2, 0) is 25.7 Å². The SMILES string of the molecule is COc1cc([C@H]2C(C(=O)OC(C)C)=C(C)N=C3SC=C(CC(=O)N4CCN(C(C)=O)CC4)N32)ccc1OCc1ccccc1. The number of nitrogens with zero attached hydrogens (tertiary/aromatic N) is 4. The van der Waals surface area contributed by atoms with Crippen LogP contribution in [-0.4, -0.2) is 77.0 Å². The lowest BCUT2D eigenvalue weighted by Gasteiger charge is -2.38. The molecule has 3 aliphatic heterocycles. The molecule has 3 heterocycles. The smallest absolute Gasteiger partial charge is 0.338 e. The molecule has 10 nitrogen and oxygen atoms in total. The molecule has 0 N–H and O–H groups in total. The van der Waals surface area contributed by atoms with Crippen molar-refractivity contribution in [3.05, 3.63) is 82.0 Å². The van der Waals surface area contributed by atoms with E-state index in [4.69, 9.17) is 19.2 Å². The highest BCUT2D eigenvalue weighted by Crippen LogP contribution is 2.46. The number of ether oxygens (including phenoxy) is 3. The van der Waals surface area contributed by atoms with Crippen molar-refractivity contribution < 1.29 is 28.6 Å². The Kier molecular flexibility index (Phi) is 9.63. The number of fused-ring (bicyclic) bond motifs is 1. The molecule has 2 aromatic carbocycles. The maximum atomic E-state index is 13.6. The lowest BCUT2D eigenvalue weighted by Crippen LogP contribution is -2.50. The fourth-order valence-electron chi connectivity index (χ4n) is 5.47. The molecule has 232 valence electrons. The van der Waals surface area contributed by atoms with Crippen molar-refractivity contribution in [3.8, 4) is 11.5 Å². The van der Waals surface area contributed by atoms with Crippen LogP contribution >= 0.6 is 11.8 Å². The number of benzene rings is 2. The number of allylic oxidation sites excluding steroid dienone is 1. The number of amides is 2. The number of carbonyl (C=O) groups is 3. The average molecular weight is 619 g/mol. The van der Waals surface area contributed by atoms with Gasteiger partial charge in [-0.1, -0.05) is 48.2 Å². The van der Waals surface area contributed by atoms with E-state index in [1.54, 1.807) is 30.8 Å². The number of methoxy groups -OCH3 is 1. The van der Waals surface area contributed by atoms with Crippen molar-refractivity contribution >= 4 is 34.7 Å². The number of carbonyl (C=O) groups excluding carboxylic acids is 3. The van der Waals surface area contributed by atoms with Gasteiger partial charge in [-0.15, -0.1) is 0 Å². The van der Waals surface area contributed by atoms with E-state index in [1.807, 2.05) is 72.7 Å². The molecule has 2 aromatic rings. The second kappa shape index (κ2) is 13.6. The second-order valence-electron chi connectivity index (χ2n) is 11.1. The lowest BCUT2D eigenvalue weighted by molar-refractivity contribution is -0.143. The van der Waals surface area contributed by atoms with Crippen LogP contribution in [0.2, 0.25) is 0 Å². The first kappa shape index (κ1) is 31.2. The molecule has 0 aliphatic carbocycles. The van der Waals surface area contributed by atoms with Crippen LogP contribution in [0.15, 0.2) is 75.9 Å². The van der Waals surface area contributed by atoms with Gasteiger partial charge in [-0.2, -0.15) is 0 Å². The van der Waals surface area contributed by atoms with Gasteiger partial charge in [-0.3, -0.25) is 9.59 Å². The zero-order chi connectivity index (χ0) is 31.4. The normalized spacial score (nSPS) is 18.1. The zero-order valence-corrected chi connectivity index (χ0v) is 26.6. The van der Waals surface area contributed by atoms with Crippen molar-refractivity contribution in [2.24, 2.45) is 4.99 Å². The summed E-state index contributed by atoms with van der Waals surface area (Å²) in [5, 5.41) is 2.61. The fourth-order valence-corrected chi connectivity index (χ4v) is 6.43. The molecule has 0 bridgehead atoms. The Morgan fingerprint density at radius 1 is 1.00 bits per heavy atom. The number of hydrogen-bond acceptors (Lipinski definition) is 9. The van der Waals surface area contributed by atoms with Gasteiger partial charge < -0.3 is 28.9 Å². The summed E-state index contributed by atoms with van der Waals surface area (Å²) >= 11 is 1.42. The molecular weight excluding hydrogens is 580 g/mol. The molecule has 0 aromatic heterocycles. The van der Waals surface area contributed by atoms with Crippen molar-refractivity contribution in [2.75, 3.05) is 33.3 Å². The number of aliphatic imine (C=N–C) groups is 1. The minimum absolute atomic E-state index is 0.0129. The zero-order valence-electron chi connectivity index (χ0n) is 25.7. The molecule has 11 heteroatoms. The monoisotopic (exact) mass is 618 g/mol. The van der Waals surface area contributed by atoms with E-state index in [9.17, 15) is 14.4 Å². The molecule has 44 heavy (non-hydrogen) atoms. The summed E-state index contributed by atoms with van der Waals surface area (Å²) in [5.74, 6) is 0.604. The molecule has 2 amide bonds. The first-order chi connectivity index (χ1) is 21.2. The number of piperazine rings is 1. The van der Waals surface area contributed by atoms with E-state index < -0.39 is 12.0 Å². The molecule has 0 unspecified atom stereocenters. The van der Waals surface area contributed by atoms with Crippen molar-refractivity contribution in [1.29, 1.82) is 0 Å². The van der Waals surface area contributed by atoms with Gasteiger partial charge in [0.05, 0.1) is 36.9 Å². The Bertz CT molecular complexity index is 1510. The second-order valence-corrected chi connectivity index (χ2v) is 11.9. The van der Waals surface area contributed by atoms with Gasteiger partial charge >= 0.3 is 5.97 Å². The minimum atomic E-state index is -0.602. The summed E-state index contributed by atoms with van der Waals surface area (Å²) in [6, 6.07) is 14.9. The maximum Gasteiger partial charge on any atom is 0.338 e. The number of esters is 1. The molecule has 1 saturated heterocycles. The van der Waals surface area contributed by atoms with Crippen LogP contribution in [0.4, 0.5) is 0 Å². The van der Waals surface area contributed by atoms with E-state index in [1.165, 1.54) is 11.8 Å². The Labute approximate surface area is 262 Å². The predicted molar refractivity (Wildman–Crippen MR) is 169 cm³/mol. The van der Waals surface area contributed by atoms with Gasteiger partial charge in [0.25, 0.3) is 0 Å². The van der Waals surface area contributed by atoms with Gasteiger partial charge in [0, 0.05) is 38.8 Å². The Hall–Kier alpha value is -4.25. The molecule has 0 spiro atoms. The molecule has 0 radical (unpaired) electrons. The third kappa shape index (κ3) is 6.77. The topological polar surface area (TPSA) is 101 Å². The van der Waals surface area contributed by atoms with Gasteiger partial charge in [0.15, 0.2) is 16.7 Å². The van der Waals surface area contributed by atoms with Crippen molar-refractivity contribution in [2.45, 2.75) is 52.9 Å².